The Morgan fingerprint density at radius 2 is 0.875 bits per heavy atom. The molecule has 2 fully saturated rings. The monoisotopic (exact) mass is 218 g/mol. The predicted octanol–water partition coefficient (Wildman–Crippen LogP) is 2.99. The summed E-state index contributed by atoms with van der Waals surface area (Å²) in [6.45, 7) is 9.04. The molecule has 2 aliphatic heterocycles. The van der Waals surface area contributed by atoms with E-state index in [1.165, 1.54) is 0 Å². The van der Waals surface area contributed by atoms with Crippen LogP contribution in [0.2, 0.25) is 0 Å². The molecule has 86 valence electrons. The summed E-state index contributed by atoms with van der Waals surface area (Å²) >= 11 is 0. The van der Waals surface area contributed by atoms with Crippen LogP contribution in [0.5, 0.6) is 0 Å². The summed E-state index contributed by atoms with van der Waals surface area (Å²) in [5.41, 5.74) is 0.0769. The Balaban J connectivity index is 1.99. The minimum absolute atomic E-state index is 0.0192. The van der Waals surface area contributed by atoms with Gasteiger partial charge in [0.05, 0.1) is 22.2 Å². The highest BCUT2D eigenvalue weighted by molar-refractivity contribution is 5.33. The molecule has 4 nitrogen and oxygen atoms in total. The summed E-state index contributed by atoms with van der Waals surface area (Å²) in [6, 6.07) is 0. The first-order valence-corrected chi connectivity index (χ1v) is 6.20. The van der Waals surface area contributed by atoms with E-state index in [0.717, 1.165) is 12.8 Å². The Hall–Kier alpha value is -0.800. The molecule has 0 amide bonds. The van der Waals surface area contributed by atoms with Crippen molar-refractivity contribution in [1.82, 2.24) is 0 Å². The Labute approximate surface area is 95.6 Å². The van der Waals surface area contributed by atoms with E-state index in [9.17, 15) is 0 Å². The van der Waals surface area contributed by atoms with E-state index < -0.39 is 0 Å². The summed E-state index contributed by atoms with van der Waals surface area (Å²) in [4.78, 5) is 0. The largest absolute Gasteiger partial charge is 0.187 e. The molecule has 0 saturated heterocycles. The number of azo groups is 2. The Morgan fingerprint density at radius 1 is 0.625 bits per heavy atom. The van der Waals surface area contributed by atoms with Crippen LogP contribution in [0.15, 0.2) is 20.5 Å². The summed E-state index contributed by atoms with van der Waals surface area (Å²) in [6.07, 6.45) is 2.04. The number of hydrogen-bond acceptors (Lipinski definition) is 4. The van der Waals surface area contributed by atoms with Crippen LogP contribution in [0.3, 0.4) is 0 Å². The van der Waals surface area contributed by atoms with Crippen LogP contribution in [0.4, 0.5) is 0 Å². The van der Waals surface area contributed by atoms with Gasteiger partial charge in [-0.25, -0.2) is 0 Å². The van der Waals surface area contributed by atoms with Crippen LogP contribution in [0.1, 0.15) is 40.5 Å². The van der Waals surface area contributed by atoms with Crippen molar-refractivity contribution in [3.63, 3.8) is 0 Å². The normalized spacial score (nSPS) is 69.2. The molecule has 0 aromatic heterocycles. The van der Waals surface area contributed by atoms with E-state index in [-0.39, 0.29) is 22.2 Å². The fraction of sp³-hybridized carbons (Fsp3) is 1.00. The lowest BCUT2D eigenvalue weighted by Crippen LogP contribution is -2.37. The topological polar surface area (TPSA) is 49.4 Å². The number of nitrogens with zero attached hydrogens (tertiary/aromatic N) is 4. The summed E-state index contributed by atoms with van der Waals surface area (Å²) in [7, 11) is 0. The highest BCUT2D eigenvalue weighted by Gasteiger charge is 2.77. The second kappa shape index (κ2) is 2.00. The minimum Gasteiger partial charge on any atom is -0.187 e. The van der Waals surface area contributed by atoms with Gasteiger partial charge in [0.1, 0.15) is 0 Å². The molecule has 0 aromatic carbocycles. The van der Waals surface area contributed by atoms with Crippen molar-refractivity contribution in [3.8, 4) is 0 Å². The van der Waals surface area contributed by atoms with Crippen molar-refractivity contribution in [1.29, 1.82) is 0 Å². The van der Waals surface area contributed by atoms with E-state index in [1.807, 2.05) is 0 Å². The van der Waals surface area contributed by atoms with Crippen LogP contribution < -0.4 is 0 Å². The predicted molar refractivity (Wildman–Crippen MR) is 59.5 cm³/mol. The standard InChI is InChI=1S/C12H18N4/c1-9-5-10(2)8-7(9)11(3,14-13-9)6-12(8,4)16-15-10/h7-8H,5-6H2,1-4H3/t7?,8?,9-,10+,11+,12-. The maximum atomic E-state index is 4.60. The van der Waals surface area contributed by atoms with Gasteiger partial charge in [-0.1, -0.05) is 0 Å². The zero-order chi connectivity index (χ0) is 11.4. The van der Waals surface area contributed by atoms with E-state index in [2.05, 4.69) is 48.2 Å². The van der Waals surface area contributed by atoms with E-state index in [0.29, 0.717) is 11.8 Å². The highest BCUT2D eigenvalue weighted by atomic mass is 15.4. The lowest BCUT2D eigenvalue weighted by Gasteiger charge is -2.27. The third-order valence-corrected chi connectivity index (χ3v) is 5.46. The van der Waals surface area contributed by atoms with Crippen LogP contribution >= 0.6 is 0 Å². The molecule has 2 saturated carbocycles. The molecule has 0 radical (unpaired) electrons. The second-order valence-corrected chi connectivity index (χ2v) is 7.14. The van der Waals surface area contributed by atoms with Crippen LogP contribution in [0.25, 0.3) is 0 Å². The van der Waals surface area contributed by atoms with Gasteiger partial charge in [-0.15, -0.1) is 0 Å². The van der Waals surface area contributed by atoms with E-state index in [1.54, 1.807) is 0 Å². The molecule has 0 N–H and O–H groups in total. The quantitative estimate of drug-likeness (QED) is 0.600. The Kier molecular flexibility index (Phi) is 1.15. The van der Waals surface area contributed by atoms with Gasteiger partial charge in [-0.3, -0.25) is 0 Å². The molecule has 0 bridgehead atoms. The van der Waals surface area contributed by atoms with Gasteiger partial charge < -0.3 is 0 Å². The van der Waals surface area contributed by atoms with Crippen LogP contribution in [-0.4, -0.2) is 22.2 Å². The van der Waals surface area contributed by atoms with Crippen molar-refractivity contribution in [2.75, 3.05) is 0 Å². The van der Waals surface area contributed by atoms with Crippen molar-refractivity contribution in [3.05, 3.63) is 0 Å². The molecule has 2 heterocycles. The fourth-order valence-electron chi connectivity index (χ4n) is 5.51. The Bertz CT molecular complexity index is 380. The molecule has 2 aliphatic carbocycles. The number of hydrogen-bond donors (Lipinski definition) is 0. The minimum atomic E-state index is 0.0192. The van der Waals surface area contributed by atoms with Gasteiger partial charge in [-0.2, -0.15) is 20.5 Å². The third kappa shape index (κ3) is 0.694. The molecule has 0 aromatic rings. The van der Waals surface area contributed by atoms with Crippen molar-refractivity contribution < 1.29 is 0 Å². The zero-order valence-corrected chi connectivity index (χ0v) is 10.4. The lowest BCUT2D eigenvalue weighted by molar-refractivity contribution is 0.251. The van der Waals surface area contributed by atoms with Crippen molar-refractivity contribution in [2.45, 2.75) is 62.7 Å². The van der Waals surface area contributed by atoms with Crippen LogP contribution in [-0.2, 0) is 0 Å². The van der Waals surface area contributed by atoms with Gasteiger partial charge in [0, 0.05) is 24.7 Å². The van der Waals surface area contributed by atoms with Crippen LogP contribution in [0, 0.1) is 11.8 Å². The first kappa shape index (κ1) is 9.25. The molecule has 4 rings (SSSR count). The van der Waals surface area contributed by atoms with Gasteiger partial charge in [-0.05, 0) is 27.7 Å². The molecular weight excluding hydrogens is 200 g/mol. The SMILES string of the molecule is C[C@]12C[C@]3(C)N=N[C@]4(C)C[C@](C)(N=N1)C2C43. The highest BCUT2D eigenvalue weighted by Crippen LogP contribution is 2.71. The lowest BCUT2D eigenvalue weighted by atomic mass is 9.76. The average Bonchev–Trinajstić information content (AvgIpc) is 2.71. The molecule has 4 aliphatic rings. The second-order valence-electron chi connectivity index (χ2n) is 7.14. The maximum Gasteiger partial charge on any atom is 0.0868 e. The van der Waals surface area contributed by atoms with Gasteiger partial charge in [0.15, 0.2) is 0 Å². The summed E-state index contributed by atoms with van der Waals surface area (Å²) < 4.78 is 0. The van der Waals surface area contributed by atoms with E-state index >= 15 is 0 Å². The molecular formula is C12H18N4. The van der Waals surface area contributed by atoms with Crippen molar-refractivity contribution in [2.24, 2.45) is 32.3 Å². The molecule has 4 heteroatoms. The smallest absolute Gasteiger partial charge is 0.0868 e. The third-order valence-electron chi connectivity index (χ3n) is 5.46. The number of rotatable bonds is 0. The Morgan fingerprint density at radius 3 is 1.12 bits per heavy atom. The van der Waals surface area contributed by atoms with Gasteiger partial charge in [0.25, 0.3) is 0 Å². The van der Waals surface area contributed by atoms with Gasteiger partial charge in [0.2, 0.25) is 0 Å². The maximum absolute atomic E-state index is 4.60. The zero-order valence-electron chi connectivity index (χ0n) is 10.4. The molecule has 16 heavy (non-hydrogen) atoms. The average molecular weight is 218 g/mol. The molecule has 6 atom stereocenters. The molecule has 0 spiro atoms. The first-order valence-electron chi connectivity index (χ1n) is 6.20. The fourth-order valence-corrected chi connectivity index (χ4v) is 5.51. The van der Waals surface area contributed by atoms with Gasteiger partial charge >= 0.3 is 0 Å². The molecule has 2 unspecified atom stereocenters. The first-order chi connectivity index (χ1) is 7.32. The summed E-state index contributed by atoms with van der Waals surface area (Å²) in [5.74, 6) is 1.09. The summed E-state index contributed by atoms with van der Waals surface area (Å²) in [5, 5.41) is 18.4. The van der Waals surface area contributed by atoms with Crippen molar-refractivity contribution >= 4 is 0 Å². The van der Waals surface area contributed by atoms with E-state index in [4.69, 9.17) is 0 Å².